The molecule has 1 N–H and O–H groups in total. The van der Waals surface area contributed by atoms with E-state index >= 15 is 0 Å². The highest BCUT2D eigenvalue weighted by Crippen LogP contribution is 2.20. The predicted octanol–water partition coefficient (Wildman–Crippen LogP) is 2.72. The number of unbranched alkanes of at least 4 members (excludes halogenated alkanes) is 2. The molecule has 1 aliphatic carbocycles. The van der Waals surface area contributed by atoms with Crippen LogP contribution in [0.3, 0.4) is 0 Å². The van der Waals surface area contributed by atoms with Gasteiger partial charge in [-0.2, -0.15) is 0 Å². The molecule has 14 heavy (non-hydrogen) atoms. The molecule has 0 aromatic carbocycles. The van der Waals surface area contributed by atoms with E-state index in [9.17, 15) is 0 Å². The van der Waals surface area contributed by atoms with E-state index in [0.717, 1.165) is 6.04 Å². The summed E-state index contributed by atoms with van der Waals surface area (Å²) in [5, 5.41) is 3.65. The molecule has 1 fully saturated rings. The van der Waals surface area contributed by atoms with Crippen molar-refractivity contribution in [1.82, 2.24) is 5.32 Å². The molecule has 0 heterocycles. The zero-order valence-corrected chi connectivity index (χ0v) is 9.72. The third-order valence-electron chi connectivity index (χ3n) is 3.22. The summed E-state index contributed by atoms with van der Waals surface area (Å²) in [4.78, 5) is 0. The van der Waals surface area contributed by atoms with Crippen LogP contribution in [-0.4, -0.2) is 25.8 Å². The summed E-state index contributed by atoms with van der Waals surface area (Å²) in [5.74, 6) is 0. The minimum atomic E-state index is 0.531. The lowest BCUT2D eigenvalue weighted by Crippen LogP contribution is -2.35. The molecule has 0 saturated heterocycles. The molecular weight excluding hydrogens is 174 g/mol. The van der Waals surface area contributed by atoms with E-state index in [1.54, 1.807) is 0 Å². The van der Waals surface area contributed by atoms with E-state index in [-0.39, 0.29) is 0 Å². The van der Waals surface area contributed by atoms with Gasteiger partial charge in [0.1, 0.15) is 0 Å². The number of ether oxygens (including phenoxy) is 1. The zero-order valence-electron chi connectivity index (χ0n) is 9.72. The summed E-state index contributed by atoms with van der Waals surface area (Å²) >= 11 is 0. The lowest BCUT2D eigenvalue weighted by atomic mass is 9.93. The molecule has 0 aromatic heterocycles. The fraction of sp³-hybridized carbons (Fsp3) is 1.00. The van der Waals surface area contributed by atoms with E-state index < -0.39 is 0 Å². The van der Waals surface area contributed by atoms with Crippen molar-refractivity contribution in [3.05, 3.63) is 0 Å². The zero-order chi connectivity index (χ0) is 10.2. The second kappa shape index (κ2) is 7.24. The summed E-state index contributed by atoms with van der Waals surface area (Å²) in [7, 11) is 1.83. The maximum atomic E-state index is 5.35. The van der Waals surface area contributed by atoms with Gasteiger partial charge in [-0.25, -0.2) is 0 Å². The molecule has 0 atom stereocenters. The first-order valence-corrected chi connectivity index (χ1v) is 6.13. The first-order valence-electron chi connectivity index (χ1n) is 6.13. The first-order chi connectivity index (χ1) is 6.86. The Bertz CT molecular complexity index is 130. The Morgan fingerprint density at radius 3 is 2.43 bits per heavy atom. The van der Waals surface area contributed by atoms with Gasteiger partial charge in [0.15, 0.2) is 0 Å². The van der Waals surface area contributed by atoms with E-state index in [2.05, 4.69) is 12.2 Å². The van der Waals surface area contributed by atoms with Crippen LogP contribution in [0.25, 0.3) is 0 Å². The molecule has 1 aliphatic rings. The van der Waals surface area contributed by atoms with Gasteiger partial charge in [-0.05, 0) is 38.6 Å². The van der Waals surface area contributed by atoms with Gasteiger partial charge < -0.3 is 10.1 Å². The predicted molar refractivity (Wildman–Crippen MR) is 60.6 cm³/mol. The van der Waals surface area contributed by atoms with Crippen molar-refractivity contribution in [3.8, 4) is 0 Å². The van der Waals surface area contributed by atoms with Crippen LogP contribution < -0.4 is 5.32 Å². The van der Waals surface area contributed by atoms with Gasteiger partial charge >= 0.3 is 0 Å². The standard InChI is InChI=1S/C12H25NO/c1-3-4-5-10-13-11-6-8-12(14-2)9-7-11/h11-13H,3-10H2,1-2H3. The van der Waals surface area contributed by atoms with Crippen LogP contribution in [0.2, 0.25) is 0 Å². The molecule has 1 saturated carbocycles. The summed E-state index contributed by atoms with van der Waals surface area (Å²) in [5.41, 5.74) is 0. The van der Waals surface area contributed by atoms with E-state index in [4.69, 9.17) is 4.74 Å². The average Bonchev–Trinajstić information content (AvgIpc) is 2.25. The van der Waals surface area contributed by atoms with Gasteiger partial charge in [0.05, 0.1) is 6.10 Å². The average molecular weight is 199 g/mol. The molecule has 1 rings (SSSR count). The molecule has 2 heteroatoms. The molecule has 0 bridgehead atoms. The number of hydrogen-bond donors (Lipinski definition) is 1. The fourth-order valence-corrected chi connectivity index (χ4v) is 2.18. The van der Waals surface area contributed by atoms with E-state index in [1.807, 2.05) is 7.11 Å². The van der Waals surface area contributed by atoms with Crippen molar-refractivity contribution in [3.63, 3.8) is 0 Å². The molecule has 84 valence electrons. The topological polar surface area (TPSA) is 21.3 Å². The molecular formula is C12H25NO. The Morgan fingerprint density at radius 2 is 1.86 bits per heavy atom. The number of rotatable bonds is 6. The van der Waals surface area contributed by atoms with Crippen molar-refractivity contribution in [1.29, 1.82) is 0 Å². The molecule has 0 unspecified atom stereocenters. The molecule has 0 amide bonds. The summed E-state index contributed by atoms with van der Waals surface area (Å²) in [6, 6.07) is 0.762. The number of nitrogens with one attached hydrogen (secondary N) is 1. The van der Waals surface area contributed by atoms with Crippen molar-refractivity contribution >= 4 is 0 Å². The maximum absolute atomic E-state index is 5.35. The van der Waals surface area contributed by atoms with Crippen LogP contribution in [0.4, 0.5) is 0 Å². The second-order valence-electron chi connectivity index (χ2n) is 4.37. The largest absolute Gasteiger partial charge is 0.381 e. The van der Waals surface area contributed by atoms with Crippen LogP contribution in [-0.2, 0) is 4.74 Å². The summed E-state index contributed by atoms with van der Waals surface area (Å²) in [6.07, 6.45) is 9.61. The van der Waals surface area contributed by atoms with E-state index in [1.165, 1.54) is 51.5 Å². The monoisotopic (exact) mass is 199 g/mol. The van der Waals surface area contributed by atoms with Gasteiger partial charge in [0, 0.05) is 13.2 Å². The minimum absolute atomic E-state index is 0.531. The quantitative estimate of drug-likeness (QED) is 0.664. The van der Waals surface area contributed by atoms with Crippen LogP contribution in [0.15, 0.2) is 0 Å². The summed E-state index contributed by atoms with van der Waals surface area (Å²) < 4.78 is 5.35. The Morgan fingerprint density at radius 1 is 1.14 bits per heavy atom. The van der Waals surface area contributed by atoms with Crippen LogP contribution in [0.1, 0.15) is 51.9 Å². The molecule has 0 spiro atoms. The molecule has 0 aromatic rings. The lowest BCUT2D eigenvalue weighted by molar-refractivity contribution is 0.0625. The molecule has 2 nitrogen and oxygen atoms in total. The van der Waals surface area contributed by atoms with Gasteiger partial charge in [0.2, 0.25) is 0 Å². The summed E-state index contributed by atoms with van der Waals surface area (Å²) in [6.45, 7) is 3.46. The third-order valence-corrected chi connectivity index (χ3v) is 3.22. The Labute approximate surface area is 88.4 Å². The lowest BCUT2D eigenvalue weighted by Gasteiger charge is -2.28. The number of methoxy groups -OCH3 is 1. The third kappa shape index (κ3) is 4.43. The first kappa shape index (κ1) is 12.0. The maximum Gasteiger partial charge on any atom is 0.0572 e. The smallest absolute Gasteiger partial charge is 0.0572 e. The van der Waals surface area contributed by atoms with Gasteiger partial charge in [-0.3, -0.25) is 0 Å². The molecule has 0 aliphatic heterocycles. The van der Waals surface area contributed by atoms with Gasteiger partial charge in [-0.1, -0.05) is 19.8 Å². The second-order valence-corrected chi connectivity index (χ2v) is 4.37. The highest BCUT2D eigenvalue weighted by atomic mass is 16.5. The van der Waals surface area contributed by atoms with E-state index in [0.29, 0.717) is 6.10 Å². The number of hydrogen-bond acceptors (Lipinski definition) is 2. The Kier molecular flexibility index (Phi) is 6.20. The van der Waals surface area contributed by atoms with Crippen molar-refractivity contribution in [2.45, 2.75) is 64.0 Å². The van der Waals surface area contributed by atoms with Crippen LogP contribution >= 0.6 is 0 Å². The van der Waals surface area contributed by atoms with Crippen LogP contribution in [0.5, 0.6) is 0 Å². The Balaban J connectivity index is 1.98. The van der Waals surface area contributed by atoms with Gasteiger partial charge in [-0.15, -0.1) is 0 Å². The normalized spacial score (nSPS) is 27.9. The Hall–Kier alpha value is -0.0800. The minimum Gasteiger partial charge on any atom is -0.381 e. The highest BCUT2D eigenvalue weighted by molar-refractivity contribution is 4.77. The van der Waals surface area contributed by atoms with Crippen molar-refractivity contribution < 1.29 is 4.74 Å². The van der Waals surface area contributed by atoms with Crippen molar-refractivity contribution in [2.75, 3.05) is 13.7 Å². The SMILES string of the molecule is CCCCCNC1CCC(OC)CC1. The van der Waals surface area contributed by atoms with Gasteiger partial charge in [0.25, 0.3) is 0 Å². The highest BCUT2D eigenvalue weighted by Gasteiger charge is 2.19. The molecule has 0 radical (unpaired) electrons. The van der Waals surface area contributed by atoms with Crippen LogP contribution in [0, 0.1) is 0 Å². The van der Waals surface area contributed by atoms with Crippen molar-refractivity contribution in [2.24, 2.45) is 0 Å². The fourth-order valence-electron chi connectivity index (χ4n) is 2.18.